The highest BCUT2D eigenvalue weighted by Gasteiger charge is 2.48. The number of nitrogens with one attached hydrogen (secondary N) is 2. The van der Waals surface area contributed by atoms with Gasteiger partial charge in [0.2, 0.25) is 5.95 Å². The Bertz CT molecular complexity index is 1230. The lowest BCUT2D eigenvalue weighted by atomic mass is 9.60. The Kier molecular flexibility index (Phi) is 6.81. The maximum atomic E-state index is 13.5. The van der Waals surface area contributed by atoms with Crippen molar-refractivity contribution in [1.82, 2.24) is 14.9 Å². The lowest BCUT2D eigenvalue weighted by molar-refractivity contribution is -0.124. The minimum absolute atomic E-state index is 0.0448. The summed E-state index contributed by atoms with van der Waals surface area (Å²) in [4.78, 5) is 43.2. The number of aromatic nitrogens is 2. The molecular weight excluding hydrogens is 463 g/mol. The molecular formula is C27H35FN4O4. The zero-order valence-corrected chi connectivity index (χ0v) is 21.7. The summed E-state index contributed by atoms with van der Waals surface area (Å²) in [5.41, 5.74) is 1.31. The van der Waals surface area contributed by atoms with E-state index < -0.39 is 29.1 Å². The highest BCUT2D eigenvalue weighted by atomic mass is 19.1. The molecule has 0 aliphatic heterocycles. The highest BCUT2D eigenvalue weighted by Crippen LogP contribution is 2.47. The molecule has 8 nitrogen and oxygen atoms in total. The highest BCUT2D eigenvalue weighted by molar-refractivity contribution is 6.43. The fraction of sp³-hybridized carbons (Fsp3) is 0.556. The van der Waals surface area contributed by atoms with E-state index in [1.807, 2.05) is 6.92 Å². The molecule has 5 atom stereocenters. The molecule has 9 heteroatoms. The average molecular weight is 499 g/mol. The summed E-state index contributed by atoms with van der Waals surface area (Å²) in [6, 6.07) is 1.29. The van der Waals surface area contributed by atoms with Gasteiger partial charge >= 0.3 is 0 Å². The van der Waals surface area contributed by atoms with E-state index in [1.54, 1.807) is 32.4 Å². The molecule has 194 valence electrons. The molecule has 2 fully saturated rings. The Morgan fingerprint density at radius 2 is 1.86 bits per heavy atom. The number of Topliss-reactive ketones (excluding diaryl/α,β-unsaturated/α-hetero) is 1. The number of amides is 2. The number of hydrogen-bond acceptors (Lipinski definition) is 5. The van der Waals surface area contributed by atoms with Crippen molar-refractivity contribution in [2.24, 2.45) is 24.8 Å². The number of aryl methyl sites for hydroxylation is 1. The normalized spacial score (nSPS) is 27.4. The number of hydrogen-bond donors (Lipinski definition) is 3. The van der Waals surface area contributed by atoms with Crippen LogP contribution in [0, 0.1) is 44.5 Å². The number of halogens is 1. The van der Waals surface area contributed by atoms with Crippen LogP contribution in [-0.4, -0.2) is 43.9 Å². The van der Waals surface area contributed by atoms with Gasteiger partial charge in [0.05, 0.1) is 28.7 Å². The van der Waals surface area contributed by atoms with Crippen LogP contribution < -0.4 is 10.6 Å². The van der Waals surface area contributed by atoms with Crippen LogP contribution in [0.25, 0.3) is 0 Å². The van der Waals surface area contributed by atoms with Gasteiger partial charge in [-0.15, -0.1) is 0 Å². The van der Waals surface area contributed by atoms with Crippen LogP contribution in [0.5, 0.6) is 0 Å². The summed E-state index contributed by atoms with van der Waals surface area (Å²) in [6.45, 7) is 9.02. The number of carbonyl (C=O) groups excluding carboxylic acids is 3. The van der Waals surface area contributed by atoms with Crippen LogP contribution in [-0.2, 0) is 11.8 Å². The maximum absolute atomic E-state index is 13.5. The lowest BCUT2D eigenvalue weighted by Crippen LogP contribution is -2.57. The van der Waals surface area contributed by atoms with Crippen LogP contribution in [0.15, 0.2) is 12.3 Å². The average Bonchev–Trinajstić information content (AvgIpc) is 3.00. The van der Waals surface area contributed by atoms with Gasteiger partial charge in [-0.3, -0.25) is 14.4 Å². The van der Waals surface area contributed by atoms with Crippen molar-refractivity contribution in [2.75, 3.05) is 5.32 Å². The van der Waals surface area contributed by atoms with Gasteiger partial charge in [-0.05, 0) is 75.8 Å². The Morgan fingerprint density at radius 3 is 2.53 bits per heavy atom. The van der Waals surface area contributed by atoms with Crippen molar-refractivity contribution in [1.29, 1.82) is 0 Å². The Hall–Kier alpha value is -3.07. The van der Waals surface area contributed by atoms with E-state index in [4.69, 9.17) is 0 Å². The Morgan fingerprint density at radius 1 is 1.17 bits per heavy atom. The molecule has 2 aliphatic carbocycles. The number of anilines is 1. The largest absolute Gasteiger partial charge is 0.390 e. The summed E-state index contributed by atoms with van der Waals surface area (Å²) in [7, 11) is 1.65. The van der Waals surface area contributed by atoms with Gasteiger partial charge in [0.1, 0.15) is 0 Å². The number of aliphatic hydroxyl groups is 1. The number of pyridine rings is 1. The second-order valence-electron chi connectivity index (χ2n) is 11.0. The second kappa shape index (κ2) is 9.42. The molecule has 2 aromatic rings. The predicted octanol–water partition coefficient (Wildman–Crippen LogP) is 3.61. The van der Waals surface area contributed by atoms with Crippen molar-refractivity contribution in [3.63, 3.8) is 0 Å². The van der Waals surface area contributed by atoms with E-state index in [1.165, 1.54) is 12.3 Å². The van der Waals surface area contributed by atoms with Gasteiger partial charge in [-0.2, -0.15) is 4.39 Å². The third kappa shape index (κ3) is 4.68. The summed E-state index contributed by atoms with van der Waals surface area (Å²) in [5, 5.41) is 16.6. The second-order valence-corrected chi connectivity index (χ2v) is 11.0. The summed E-state index contributed by atoms with van der Waals surface area (Å²) in [5.74, 6) is -1.97. The van der Waals surface area contributed by atoms with Gasteiger partial charge in [-0.25, -0.2) is 4.98 Å². The minimum atomic E-state index is -0.704. The van der Waals surface area contributed by atoms with Crippen molar-refractivity contribution < 1.29 is 23.9 Å². The quantitative estimate of drug-likeness (QED) is 0.331. The predicted molar refractivity (Wildman–Crippen MR) is 133 cm³/mol. The van der Waals surface area contributed by atoms with Crippen LogP contribution >= 0.6 is 0 Å². The smallest absolute Gasteiger partial charge is 0.294 e. The molecule has 4 rings (SSSR count). The molecule has 2 heterocycles. The molecule has 0 radical (unpaired) electrons. The molecule has 2 amide bonds. The van der Waals surface area contributed by atoms with Crippen molar-refractivity contribution in [3.8, 4) is 0 Å². The number of ketones is 1. The van der Waals surface area contributed by atoms with Crippen LogP contribution in [0.2, 0.25) is 0 Å². The first kappa shape index (κ1) is 26.0. The third-order valence-corrected chi connectivity index (χ3v) is 8.05. The van der Waals surface area contributed by atoms with E-state index >= 15 is 0 Å². The van der Waals surface area contributed by atoms with Crippen LogP contribution in [0.1, 0.15) is 77.2 Å². The van der Waals surface area contributed by atoms with E-state index in [0.29, 0.717) is 41.3 Å². The molecule has 2 aromatic heterocycles. The number of fused-ring (bicyclic) bond motifs is 2. The molecule has 3 N–H and O–H groups in total. The van der Waals surface area contributed by atoms with E-state index in [9.17, 15) is 23.9 Å². The first-order valence-corrected chi connectivity index (χ1v) is 12.5. The van der Waals surface area contributed by atoms with E-state index in [2.05, 4.69) is 22.5 Å². The summed E-state index contributed by atoms with van der Waals surface area (Å²) >= 11 is 0. The van der Waals surface area contributed by atoms with E-state index in [-0.39, 0.29) is 29.1 Å². The SMILES string of the molecule is Cc1cc(NC(=O)c2c(C)c(C(=O)C(=O)N[C@@H]3C(C)C[C@]4(O)CC(C)CC3C4)n(C)c2C)cnc1F. The monoisotopic (exact) mass is 498 g/mol. The number of carbonyl (C=O) groups is 3. The minimum Gasteiger partial charge on any atom is -0.390 e. The molecule has 2 saturated carbocycles. The molecule has 3 unspecified atom stereocenters. The van der Waals surface area contributed by atoms with Gasteiger partial charge in [0, 0.05) is 24.3 Å². The molecule has 2 bridgehead atoms. The zero-order valence-electron chi connectivity index (χ0n) is 21.7. The number of rotatable bonds is 5. The van der Waals surface area contributed by atoms with Crippen molar-refractivity contribution in [3.05, 3.63) is 46.3 Å². The zero-order chi connectivity index (χ0) is 26.5. The van der Waals surface area contributed by atoms with E-state index in [0.717, 1.165) is 12.8 Å². The van der Waals surface area contributed by atoms with Crippen LogP contribution in [0.3, 0.4) is 0 Å². The first-order chi connectivity index (χ1) is 16.8. The molecule has 36 heavy (non-hydrogen) atoms. The fourth-order valence-corrected chi connectivity index (χ4v) is 6.57. The number of nitrogens with zero attached hydrogens (tertiary/aromatic N) is 2. The molecule has 0 saturated heterocycles. The van der Waals surface area contributed by atoms with Gasteiger partial charge in [0.15, 0.2) is 0 Å². The topological polar surface area (TPSA) is 113 Å². The van der Waals surface area contributed by atoms with Crippen molar-refractivity contribution >= 4 is 23.3 Å². The summed E-state index contributed by atoms with van der Waals surface area (Å²) < 4.78 is 15.1. The first-order valence-electron chi connectivity index (χ1n) is 12.5. The van der Waals surface area contributed by atoms with Crippen molar-refractivity contribution in [2.45, 2.75) is 71.9 Å². The van der Waals surface area contributed by atoms with Crippen LogP contribution in [0.4, 0.5) is 10.1 Å². The molecule has 0 aromatic carbocycles. The molecule has 0 spiro atoms. The third-order valence-electron chi connectivity index (χ3n) is 8.05. The fourth-order valence-electron chi connectivity index (χ4n) is 6.57. The lowest BCUT2D eigenvalue weighted by Gasteiger charge is -2.51. The standard InChI is InChI=1S/C27H35FN4O4/c1-13-7-18-11-27(36,9-13)10-15(3)21(18)31-26(35)23(33)22-16(4)20(17(5)32(22)6)25(34)30-19-8-14(2)24(28)29-12-19/h8,12-13,15,18,21,36H,7,9-11H2,1-6H3,(H,30,34)(H,31,35)/t13?,15?,18?,21-,27-/m1/s1. The Balaban J connectivity index is 1.54. The van der Waals surface area contributed by atoms with Gasteiger partial charge in [0.25, 0.3) is 17.6 Å². The van der Waals surface area contributed by atoms with Gasteiger partial charge in [-0.1, -0.05) is 13.8 Å². The molecule has 2 aliphatic rings. The maximum Gasteiger partial charge on any atom is 0.294 e. The van der Waals surface area contributed by atoms with Gasteiger partial charge < -0.3 is 20.3 Å². The Labute approximate surface area is 210 Å². The summed E-state index contributed by atoms with van der Waals surface area (Å²) in [6.07, 6.45) is 4.12.